The van der Waals surface area contributed by atoms with Gasteiger partial charge in [0.2, 0.25) is 10.0 Å². The first-order valence-corrected chi connectivity index (χ1v) is 9.98. The summed E-state index contributed by atoms with van der Waals surface area (Å²) in [6.45, 7) is 3.55. The molecule has 25 heavy (non-hydrogen) atoms. The third-order valence-corrected chi connectivity index (χ3v) is 6.70. The maximum absolute atomic E-state index is 13.1. The molecule has 1 fully saturated rings. The van der Waals surface area contributed by atoms with Gasteiger partial charge in [-0.2, -0.15) is 4.31 Å². The Bertz CT molecular complexity index is 877. The summed E-state index contributed by atoms with van der Waals surface area (Å²) in [5.41, 5.74) is 2.00. The van der Waals surface area contributed by atoms with Gasteiger partial charge in [0.1, 0.15) is 13.2 Å². The lowest BCUT2D eigenvalue weighted by atomic mass is 10.0. The fourth-order valence-corrected chi connectivity index (χ4v) is 5.16. The van der Waals surface area contributed by atoms with Gasteiger partial charge in [-0.25, -0.2) is 8.42 Å². The highest BCUT2D eigenvalue weighted by molar-refractivity contribution is 7.89. The lowest BCUT2D eigenvalue weighted by molar-refractivity contribution is 0.171. The minimum atomic E-state index is -3.51. The zero-order valence-corrected chi connectivity index (χ0v) is 15.0. The van der Waals surface area contributed by atoms with E-state index in [1.807, 2.05) is 37.3 Å². The number of fused-ring (bicyclic) bond motifs is 1. The predicted molar refractivity (Wildman–Crippen MR) is 94.5 cm³/mol. The molecule has 4 rings (SSSR count). The molecule has 2 heterocycles. The number of aryl methyl sites for hydroxylation is 1. The van der Waals surface area contributed by atoms with Crippen molar-refractivity contribution in [3.05, 3.63) is 53.6 Å². The highest BCUT2D eigenvalue weighted by Gasteiger charge is 2.36. The monoisotopic (exact) mass is 359 g/mol. The normalized spacial score (nSPS) is 20.6. The second kappa shape index (κ2) is 6.35. The lowest BCUT2D eigenvalue weighted by Gasteiger charge is -2.26. The van der Waals surface area contributed by atoms with Crippen molar-refractivity contribution in [1.82, 2.24) is 4.31 Å². The van der Waals surface area contributed by atoms with Crippen molar-refractivity contribution in [3.8, 4) is 11.5 Å². The fourth-order valence-electron chi connectivity index (χ4n) is 3.47. The zero-order chi connectivity index (χ0) is 17.4. The molecule has 0 spiro atoms. The summed E-state index contributed by atoms with van der Waals surface area (Å²) in [6, 6.07) is 12.6. The summed E-state index contributed by atoms with van der Waals surface area (Å²) in [7, 11) is -3.51. The van der Waals surface area contributed by atoms with Gasteiger partial charge in [0.25, 0.3) is 0 Å². The smallest absolute Gasteiger partial charge is 0.243 e. The number of hydrogen-bond acceptors (Lipinski definition) is 4. The maximum Gasteiger partial charge on any atom is 0.243 e. The largest absolute Gasteiger partial charge is 0.486 e. The third-order valence-electron chi connectivity index (χ3n) is 4.78. The Morgan fingerprint density at radius 1 is 1.00 bits per heavy atom. The van der Waals surface area contributed by atoms with Crippen molar-refractivity contribution in [1.29, 1.82) is 0 Å². The summed E-state index contributed by atoms with van der Waals surface area (Å²) in [6.07, 6.45) is 1.66. The molecule has 0 amide bonds. The molecule has 0 aliphatic carbocycles. The van der Waals surface area contributed by atoms with Crippen LogP contribution in [0.1, 0.15) is 30.0 Å². The van der Waals surface area contributed by atoms with Crippen LogP contribution in [0.2, 0.25) is 0 Å². The molecule has 2 aromatic carbocycles. The van der Waals surface area contributed by atoms with E-state index >= 15 is 0 Å². The van der Waals surface area contributed by atoms with Crippen molar-refractivity contribution >= 4 is 10.0 Å². The molecule has 0 aromatic heterocycles. The molecule has 2 aliphatic rings. The second-order valence-electron chi connectivity index (χ2n) is 6.49. The number of sulfonamides is 1. The number of hydrogen-bond donors (Lipinski definition) is 0. The van der Waals surface area contributed by atoms with Crippen LogP contribution in [0.5, 0.6) is 11.5 Å². The zero-order valence-electron chi connectivity index (χ0n) is 14.1. The summed E-state index contributed by atoms with van der Waals surface area (Å²) < 4.78 is 39.0. The van der Waals surface area contributed by atoms with E-state index in [0.717, 1.165) is 29.7 Å². The average molecular weight is 359 g/mol. The van der Waals surface area contributed by atoms with E-state index < -0.39 is 10.0 Å². The van der Waals surface area contributed by atoms with Gasteiger partial charge in [0.05, 0.1) is 10.9 Å². The third kappa shape index (κ3) is 3.00. The van der Waals surface area contributed by atoms with Crippen LogP contribution < -0.4 is 9.47 Å². The second-order valence-corrected chi connectivity index (χ2v) is 8.38. The molecule has 0 N–H and O–H groups in total. The molecule has 0 bridgehead atoms. The van der Waals surface area contributed by atoms with E-state index in [-0.39, 0.29) is 6.04 Å². The first-order chi connectivity index (χ1) is 12.1. The van der Waals surface area contributed by atoms with E-state index in [1.54, 1.807) is 16.4 Å². The van der Waals surface area contributed by atoms with Gasteiger partial charge >= 0.3 is 0 Å². The number of ether oxygens (including phenoxy) is 2. The highest BCUT2D eigenvalue weighted by Crippen LogP contribution is 2.40. The Balaban J connectivity index is 1.67. The fraction of sp³-hybridized carbons (Fsp3) is 0.368. The van der Waals surface area contributed by atoms with Crippen LogP contribution in [0, 0.1) is 6.92 Å². The van der Waals surface area contributed by atoms with Crippen LogP contribution in [0.4, 0.5) is 0 Å². The van der Waals surface area contributed by atoms with Crippen LogP contribution in [-0.2, 0) is 10.0 Å². The van der Waals surface area contributed by atoms with E-state index in [2.05, 4.69) is 0 Å². The molecule has 5 nitrogen and oxygen atoms in total. The number of rotatable bonds is 3. The van der Waals surface area contributed by atoms with Crippen molar-refractivity contribution < 1.29 is 17.9 Å². The molecule has 132 valence electrons. The van der Waals surface area contributed by atoms with Gasteiger partial charge in [0.15, 0.2) is 11.5 Å². The maximum atomic E-state index is 13.1. The van der Waals surface area contributed by atoms with Gasteiger partial charge in [-0.3, -0.25) is 0 Å². The van der Waals surface area contributed by atoms with E-state index in [0.29, 0.717) is 30.4 Å². The van der Waals surface area contributed by atoms with Crippen LogP contribution in [0.25, 0.3) is 0 Å². The molecule has 0 radical (unpaired) electrons. The molecule has 1 atom stereocenters. The van der Waals surface area contributed by atoms with Crippen LogP contribution in [0.15, 0.2) is 47.4 Å². The Morgan fingerprint density at radius 3 is 2.48 bits per heavy atom. The number of benzene rings is 2. The lowest BCUT2D eigenvalue weighted by Crippen LogP contribution is -2.30. The standard InChI is InChI=1S/C19H21NO4S/c1-14-4-7-16(8-5-14)25(21,22)20-10-2-3-17(20)15-6-9-18-19(13-15)24-12-11-23-18/h4-9,13,17H,2-3,10-12H2,1H3/t17-/m1/s1. The summed E-state index contributed by atoms with van der Waals surface area (Å²) in [5.74, 6) is 1.42. The van der Waals surface area contributed by atoms with E-state index in [9.17, 15) is 8.42 Å². The summed E-state index contributed by atoms with van der Waals surface area (Å²) in [4.78, 5) is 0.350. The predicted octanol–water partition coefficient (Wildman–Crippen LogP) is 3.29. The number of nitrogens with zero attached hydrogens (tertiary/aromatic N) is 1. The molecule has 0 unspecified atom stereocenters. The summed E-state index contributed by atoms with van der Waals surface area (Å²) >= 11 is 0. The van der Waals surface area contributed by atoms with Crippen molar-refractivity contribution in [2.24, 2.45) is 0 Å². The van der Waals surface area contributed by atoms with Crippen molar-refractivity contribution in [2.45, 2.75) is 30.7 Å². The van der Waals surface area contributed by atoms with Gasteiger partial charge in [-0.1, -0.05) is 23.8 Å². The molecule has 1 saturated heterocycles. The van der Waals surface area contributed by atoms with E-state index in [4.69, 9.17) is 9.47 Å². The van der Waals surface area contributed by atoms with Crippen molar-refractivity contribution in [2.75, 3.05) is 19.8 Å². The average Bonchev–Trinajstić information content (AvgIpc) is 3.12. The highest BCUT2D eigenvalue weighted by atomic mass is 32.2. The molecule has 6 heteroatoms. The summed E-state index contributed by atoms with van der Waals surface area (Å²) in [5, 5.41) is 0. The van der Waals surface area contributed by atoms with E-state index in [1.165, 1.54) is 0 Å². The van der Waals surface area contributed by atoms with Gasteiger partial charge < -0.3 is 9.47 Å². The molecule has 0 saturated carbocycles. The minimum Gasteiger partial charge on any atom is -0.486 e. The Labute approximate surface area is 148 Å². The van der Waals surface area contributed by atoms with Gasteiger partial charge in [-0.05, 0) is 49.6 Å². The van der Waals surface area contributed by atoms with Gasteiger partial charge in [0, 0.05) is 6.54 Å². The van der Waals surface area contributed by atoms with Crippen LogP contribution in [-0.4, -0.2) is 32.5 Å². The molecular formula is C19H21NO4S. The Kier molecular flexibility index (Phi) is 4.17. The molecule has 2 aliphatic heterocycles. The minimum absolute atomic E-state index is 0.165. The SMILES string of the molecule is Cc1ccc(S(=O)(=O)N2CCC[C@@H]2c2ccc3c(c2)OCCO3)cc1. The van der Waals surface area contributed by atoms with Crippen molar-refractivity contribution in [3.63, 3.8) is 0 Å². The molecule has 2 aromatic rings. The van der Waals surface area contributed by atoms with Crippen LogP contribution >= 0.6 is 0 Å². The molecular weight excluding hydrogens is 338 g/mol. The van der Waals surface area contributed by atoms with Gasteiger partial charge in [-0.15, -0.1) is 0 Å². The van der Waals surface area contributed by atoms with Crippen LogP contribution in [0.3, 0.4) is 0 Å². The first kappa shape index (κ1) is 16.4. The Morgan fingerprint density at radius 2 is 1.72 bits per heavy atom. The quantitative estimate of drug-likeness (QED) is 0.844. The topological polar surface area (TPSA) is 55.8 Å². The Hall–Kier alpha value is -2.05. The first-order valence-electron chi connectivity index (χ1n) is 8.54.